The molecular formula is C17H20N2O. The SMILES string of the molecule is CNC[C@@H]1C[C@H](c2ccccc2)[C@H](c2cccnc2)O1. The first kappa shape index (κ1) is 13.3. The Labute approximate surface area is 120 Å². The zero-order chi connectivity index (χ0) is 13.8. The van der Waals surface area contributed by atoms with Crippen LogP contribution in [0.2, 0.25) is 0 Å². The standard InChI is InChI=1S/C17H20N2O/c1-18-12-15-10-16(13-6-3-2-4-7-13)17(20-15)14-8-5-9-19-11-14/h2-9,11,15-18H,10,12H2,1H3/t15-,16+,17-/m0/s1. The number of pyridine rings is 1. The third-order valence-corrected chi connectivity index (χ3v) is 3.89. The molecule has 1 aromatic heterocycles. The van der Waals surface area contributed by atoms with E-state index in [-0.39, 0.29) is 12.2 Å². The van der Waals surface area contributed by atoms with Gasteiger partial charge < -0.3 is 10.1 Å². The van der Waals surface area contributed by atoms with Gasteiger partial charge in [0.25, 0.3) is 0 Å². The van der Waals surface area contributed by atoms with Crippen LogP contribution in [0.3, 0.4) is 0 Å². The number of likely N-dealkylation sites (N-methyl/N-ethyl adjacent to an activating group) is 1. The highest BCUT2D eigenvalue weighted by molar-refractivity contribution is 5.27. The van der Waals surface area contributed by atoms with Crippen LogP contribution in [0.15, 0.2) is 54.9 Å². The maximum atomic E-state index is 6.25. The lowest BCUT2D eigenvalue weighted by Crippen LogP contribution is -2.22. The van der Waals surface area contributed by atoms with Crippen LogP contribution >= 0.6 is 0 Å². The van der Waals surface area contributed by atoms with E-state index in [4.69, 9.17) is 4.74 Å². The fourth-order valence-electron chi connectivity index (χ4n) is 2.99. The second-order valence-corrected chi connectivity index (χ2v) is 5.28. The maximum absolute atomic E-state index is 6.25. The molecule has 0 spiro atoms. The quantitative estimate of drug-likeness (QED) is 0.925. The van der Waals surface area contributed by atoms with Crippen LogP contribution in [0, 0.1) is 0 Å². The molecule has 0 aliphatic carbocycles. The van der Waals surface area contributed by atoms with Crippen molar-refractivity contribution in [2.45, 2.75) is 24.5 Å². The highest BCUT2D eigenvalue weighted by Crippen LogP contribution is 2.44. The molecule has 104 valence electrons. The van der Waals surface area contributed by atoms with Gasteiger partial charge in [-0.05, 0) is 30.7 Å². The highest BCUT2D eigenvalue weighted by Gasteiger charge is 2.36. The Morgan fingerprint density at radius 2 is 1.95 bits per heavy atom. The van der Waals surface area contributed by atoms with Crippen molar-refractivity contribution in [3.63, 3.8) is 0 Å². The molecule has 1 aliphatic rings. The Bertz CT molecular complexity index is 482. The summed E-state index contributed by atoms with van der Waals surface area (Å²) in [7, 11) is 1.97. The average Bonchev–Trinajstić information content (AvgIpc) is 2.93. The molecular weight excluding hydrogens is 248 g/mol. The molecule has 2 aromatic rings. The summed E-state index contributed by atoms with van der Waals surface area (Å²) in [6.07, 6.45) is 5.13. The Balaban J connectivity index is 1.89. The minimum atomic E-state index is 0.101. The third kappa shape index (κ3) is 2.74. The zero-order valence-corrected chi connectivity index (χ0v) is 11.7. The number of nitrogens with zero attached hydrogens (tertiary/aromatic N) is 1. The van der Waals surface area contributed by atoms with Gasteiger partial charge in [-0.25, -0.2) is 0 Å². The van der Waals surface area contributed by atoms with Gasteiger partial charge in [-0.3, -0.25) is 4.98 Å². The maximum Gasteiger partial charge on any atom is 0.0913 e. The van der Waals surface area contributed by atoms with E-state index in [0.717, 1.165) is 13.0 Å². The molecule has 20 heavy (non-hydrogen) atoms. The van der Waals surface area contributed by atoms with Crippen molar-refractivity contribution >= 4 is 0 Å². The van der Waals surface area contributed by atoms with E-state index in [1.165, 1.54) is 11.1 Å². The second-order valence-electron chi connectivity index (χ2n) is 5.28. The summed E-state index contributed by atoms with van der Waals surface area (Å²) >= 11 is 0. The van der Waals surface area contributed by atoms with Crippen molar-refractivity contribution in [1.29, 1.82) is 0 Å². The molecule has 0 saturated carbocycles. The lowest BCUT2D eigenvalue weighted by molar-refractivity contribution is 0.0418. The monoisotopic (exact) mass is 268 g/mol. The van der Waals surface area contributed by atoms with Gasteiger partial charge in [-0.15, -0.1) is 0 Å². The molecule has 3 heteroatoms. The van der Waals surface area contributed by atoms with Gasteiger partial charge in [0, 0.05) is 24.9 Å². The Kier molecular flexibility index (Phi) is 4.09. The molecule has 1 saturated heterocycles. The van der Waals surface area contributed by atoms with E-state index in [2.05, 4.69) is 46.7 Å². The summed E-state index contributed by atoms with van der Waals surface area (Å²) in [6.45, 7) is 0.889. The predicted molar refractivity (Wildman–Crippen MR) is 79.6 cm³/mol. The largest absolute Gasteiger partial charge is 0.368 e. The van der Waals surface area contributed by atoms with Crippen LogP contribution in [-0.2, 0) is 4.74 Å². The topological polar surface area (TPSA) is 34.2 Å². The Hall–Kier alpha value is -1.71. The number of rotatable bonds is 4. The summed E-state index contributed by atoms with van der Waals surface area (Å²) in [6, 6.07) is 14.7. The van der Waals surface area contributed by atoms with Gasteiger partial charge in [0.2, 0.25) is 0 Å². The minimum absolute atomic E-state index is 0.101. The predicted octanol–water partition coefficient (Wildman–Crippen LogP) is 2.91. The van der Waals surface area contributed by atoms with Gasteiger partial charge in [0.1, 0.15) is 0 Å². The Morgan fingerprint density at radius 1 is 1.15 bits per heavy atom. The molecule has 0 unspecified atom stereocenters. The normalized spacial score (nSPS) is 25.8. The van der Waals surface area contributed by atoms with E-state index in [1.54, 1.807) is 6.20 Å². The van der Waals surface area contributed by atoms with Crippen molar-refractivity contribution < 1.29 is 4.74 Å². The first-order valence-corrected chi connectivity index (χ1v) is 7.13. The highest BCUT2D eigenvalue weighted by atomic mass is 16.5. The van der Waals surface area contributed by atoms with Crippen LogP contribution in [0.1, 0.15) is 29.6 Å². The van der Waals surface area contributed by atoms with Gasteiger partial charge >= 0.3 is 0 Å². The first-order valence-electron chi connectivity index (χ1n) is 7.13. The zero-order valence-electron chi connectivity index (χ0n) is 11.7. The van der Waals surface area contributed by atoms with E-state index in [9.17, 15) is 0 Å². The van der Waals surface area contributed by atoms with Gasteiger partial charge in [-0.2, -0.15) is 0 Å². The number of benzene rings is 1. The van der Waals surface area contributed by atoms with Crippen molar-refractivity contribution in [1.82, 2.24) is 10.3 Å². The molecule has 1 aromatic carbocycles. The van der Waals surface area contributed by atoms with Crippen molar-refractivity contribution in [3.8, 4) is 0 Å². The third-order valence-electron chi connectivity index (χ3n) is 3.89. The molecule has 1 N–H and O–H groups in total. The lowest BCUT2D eigenvalue weighted by Gasteiger charge is -2.19. The van der Waals surface area contributed by atoms with Crippen LogP contribution in [0.5, 0.6) is 0 Å². The molecule has 1 fully saturated rings. The van der Waals surface area contributed by atoms with E-state index < -0.39 is 0 Å². The molecule has 3 nitrogen and oxygen atoms in total. The number of aromatic nitrogens is 1. The number of hydrogen-bond donors (Lipinski definition) is 1. The average molecular weight is 268 g/mol. The van der Waals surface area contributed by atoms with Gasteiger partial charge in [-0.1, -0.05) is 36.4 Å². The summed E-state index contributed by atoms with van der Waals surface area (Å²) in [4.78, 5) is 4.23. The van der Waals surface area contributed by atoms with Crippen LogP contribution < -0.4 is 5.32 Å². The fraction of sp³-hybridized carbons (Fsp3) is 0.353. The Morgan fingerprint density at radius 3 is 2.65 bits per heavy atom. The minimum Gasteiger partial charge on any atom is -0.368 e. The smallest absolute Gasteiger partial charge is 0.0913 e. The number of hydrogen-bond acceptors (Lipinski definition) is 3. The second kappa shape index (κ2) is 6.16. The van der Waals surface area contributed by atoms with E-state index >= 15 is 0 Å². The van der Waals surface area contributed by atoms with E-state index in [1.807, 2.05) is 19.3 Å². The van der Waals surface area contributed by atoms with Crippen molar-refractivity contribution in [3.05, 3.63) is 66.0 Å². The fourth-order valence-corrected chi connectivity index (χ4v) is 2.99. The number of ether oxygens (including phenoxy) is 1. The summed E-state index contributed by atoms with van der Waals surface area (Å²) < 4.78 is 6.25. The summed E-state index contributed by atoms with van der Waals surface area (Å²) in [5.41, 5.74) is 2.51. The van der Waals surface area contributed by atoms with Crippen LogP contribution in [0.4, 0.5) is 0 Å². The molecule has 1 aliphatic heterocycles. The summed E-state index contributed by atoms with van der Waals surface area (Å²) in [5, 5.41) is 3.21. The number of nitrogens with one attached hydrogen (secondary N) is 1. The molecule has 3 rings (SSSR count). The first-order chi connectivity index (χ1) is 9.88. The summed E-state index contributed by atoms with van der Waals surface area (Å²) in [5.74, 6) is 0.402. The molecule has 0 amide bonds. The molecule has 2 heterocycles. The van der Waals surface area contributed by atoms with Crippen LogP contribution in [0.25, 0.3) is 0 Å². The van der Waals surface area contributed by atoms with E-state index in [0.29, 0.717) is 5.92 Å². The molecule has 0 bridgehead atoms. The van der Waals surface area contributed by atoms with Crippen molar-refractivity contribution in [2.24, 2.45) is 0 Å². The van der Waals surface area contributed by atoms with Crippen LogP contribution in [-0.4, -0.2) is 24.7 Å². The molecule has 3 atom stereocenters. The van der Waals surface area contributed by atoms with Gasteiger partial charge in [0.15, 0.2) is 0 Å². The van der Waals surface area contributed by atoms with Gasteiger partial charge in [0.05, 0.1) is 12.2 Å². The lowest BCUT2D eigenvalue weighted by atomic mass is 9.88. The molecule has 0 radical (unpaired) electrons. The van der Waals surface area contributed by atoms with Crippen molar-refractivity contribution in [2.75, 3.05) is 13.6 Å².